The summed E-state index contributed by atoms with van der Waals surface area (Å²) in [5.41, 5.74) is 11.8. The van der Waals surface area contributed by atoms with Crippen LogP contribution in [0.15, 0.2) is 36.9 Å². The molecule has 5 heteroatoms. The van der Waals surface area contributed by atoms with Gasteiger partial charge in [-0.15, -0.1) is 6.58 Å². The fourth-order valence-electron chi connectivity index (χ4n) is 5.46. The van der Waals surface area contributed by atoms with Crippen LogP contribution in [0, 0.1) is 12.7 Å². The minimum absolute atomic E-state index is 0.0527. The summed E-state index contributed by atoms with van der Waals surface area (Å²) in [6, 6.07) is 7.50. The standard InChI is InChI=1S/C31H40FNO3/c1-4-6-9-14-36-28-18-23(21-10-7-8-11-21)15-20(3)30(28)24-16-25(22-12-13-22)31(32)26(17-24)27(33)19-29(34)35-5-2/h4,15-18,21-22,27H,1,5-14,19,33H2,2-3H3/t27-/m0/s1. The summed E-state index contributed by atoms with van der Waals surface area (Å²) in [6.45, 7) is 8.56. The number of ether oxygens (including phenoxy) is 2. The molecule has 0 unspecified atom stereocenters. The van der Waals surface area contributed by atoms with Crippen LogP contribution < -0.4 is 10.5 Å². The highest BCUT2D eigenvalue weighted by Crippen LogP contribution is 2.46. The van der Waals surface area contributed by atoms with Gasteiger partial charge < -0.3 is 15.2 Å². The molecule has 2 fully saturated rings. The van der Waals surface area contributed by atoms with Crippen LogP contribution in [0.2, 0.25) is 0 Å². The highest BCUT2D eigenvalue weighted by molar-refractivity contribution is 5.77. The van der Waals surface area contributed by atoms with Gasteiger partial charge in [-0.1, -0.05) is 25.0 Å². The highest BCUT2D eigenvalue weighted by Gasteiger charge is 2.31. The predicted octanol–water partition coefficient (Wildman–Crippen LogP) is 7.63. The summed E-state index contributed by atoms with van der Waals surface area (Å²) < 4.78 is 27.1. The summed E-state index contributed by atoms with van der Waals surface area (Å²) in [7, 11) is 0. The average Bonchev–Trinajstić information content (AvgIpc) is 3.54. The van der Waals surface area contributed by atoms with Crippen molar-refractivity contribution in [2.75, 3.05) is 13.2 Å². The van der Waals surface area contributed by atoms with E-state index in [1.54, 1.807) is 6.92 Å². The van der Waals surface area contributed by atoms with E-state index >= 15 is 4.39 Å². The summed E-state index contributed by atoms with van der Waals surface area (Å²) >= 11 is 0. The Labute approximate surface area is 215 Å². The molecule has 0 spiro atoms. The fourth-order valence-corrected chi connectivity index (χ4v) is 5.46. The Morgan fingerprint density at radius 1 is 1.17 bits per heavy atom. The van der Waals surface area contributed by atoms with Crippen molar-refractivity contribution in [3.63, 3.8) is 0 Å². The number of carbonyl (C=O) groups excluding carboxylic acids is 1. The van der Waals surface area contributed by atoms with Gasteiger partial charge in [0.1, 0.15) is 11.6 Å². The molecule has 2 aliphatic rings. The predicted molar refractivity (Wildman–Crippen MR) is 143 cm³/mol. The topological polar surface area (TPSA) is 61.5 Å². The van der Waals surface area contributed by atoms with E-state index in [4.69, 9.17) is 15.2 Å². The van der Waals surface area contributed by atoms with Crippen LogP contribution in [0.3, 0.4) is 0 Å². The first-order chi connectivity index (χ1) is 17.4. The third-order valence-corrected chi connectivity index (χ3v) is 7.48. The summed E-state index contributed by atoms with van der Waals surface area (Å²) in [5, 5.41) is 0. The number of benzene rings is 2. The second kappa shape index (κ2) is 12.1. The smallest absolute Gasteiger partial charge is 0.307 e. The van der Waals surface area contributed by atoms with E-state index in [0.29, 0.717) is 23.7 Å². The molecule has 2 saturated carbocycles. The number of carbonyl (C=O) groups is 1. The van der Waals surface area contributed by atoms with Gasteiger partial charge in [-0.2, -0.15) is 0 Å². The molecule has 2 N–H and O–H groups in total. The molecule has 36 heavy (non-hydrogen) atoms. The molecule has 0 radical (unpaired) electrons. The van der Waals surface area contributed by atoms with Gasteiger partial charge in [0, 0.05) is 17.2 Å². The summed E-state index contributed by atoms with van der Waals surface area (Å²) in [6.07, 6.45) is 10.5. The molecule has 4 rings (SSSR count). The van der Waals surface area contributed by atoms with Crippen LogP contribution in [0.5, 0.6) is 5.75 Å². The highest BCUT2D eigenvalue weighted by atomic mass is 19.1. The monoisotopic (exact) mass is 493 g/mol. The molecule has 0 heterocycles. The van der Waals surface area contributed by atoms with E-state index in [1.807, 2.05) is 18.2 Å². The second-order valence-electron chi connectivity index (χ2n) is 10.3. The molecule has 0 aromatic heterocycles. The Hall–Kier alpha value is -2.66. The molecule has 2 aromatic carbocycles. The van der Waals surface area contributed by atoms with Crippen LogP contribution in [0.25, 0.3) is 11.1 Å². The molecule has 1 atom stereocenters. The third kappa shape index (κ3) is 6.18. The first kappa shape index (κ1) is 26.4. The van der Waals surface area contributed by atoms with Crippen molar-refractivity contribution in [3.8, 4) is 16.9 Å². The largest absolute Gasteiger partial charge is 0.493 e. The lowest BCUT2D eigenvalue weighted by Gasteiger charge is -2.21. The van der Waals surface area contributed by atoms with E-state index < -0.39 is 12.0 Å². The fraction of sp³-hybridized carbons (Fsp3) is 0.516. The number of hydrogen-bond donors (Lipinski definition) is 1. The summed E-state index contributed by atoms with van der Waals surface area (Å²) in [5.74, 6) is 0.919. The maximum Gasteiger partial charge on any atom is 0.307 e. The first-order valence-electron chi connectivity index (χ1n) is 13.6. The average molecular weight is 494 g/mol. The van der Waals surface area contributed by atoms with Crippen LogP contribution in [0.4, 0.5) is 4.39 Å². The maximum absolute atomic E-state index is 15.6. The SMILES string of the molecule is C=CCCCOc1cc(C2CCCC2)cc(C)c1-c1cc(C2CC2)c(F)c([C@@H](N)CC(=O)OCC)c1. The van der Waals surface area contributed by atoms with Crippen LogP contribution >= 0.6 is 0 Å². The van der Waals surface area contributed by atoms with Crippen LogP contribution in [-0.4, -0.2) is 19.2 Å². The molecular formula is C31H40FNO3. The van der Waals surface area contributed by atoms with E-state index in [2.05, 4.69) is 25.6 Å². The van der Waals surface area contributed by atoms with Crippen molar-refractivity contribution in [3.05, 3.63) is 65.0 Å². The molecule has 0 amide bonds. The Morgan fingerprint density at radius 3 is 2.58 bits per heavy atom. The van der Waals surface area contributed by atoms with Crippen molar-refractivity contribution in [2.45, 2.75) is 89.5 Å². The third-order valence-electron chi connectivity index (χ3n) is 7.48. The number of halogens is 1. The van der Waals surface area contributed by atoms with E-state index in [1.165, 1.54) is 31.2 Å². The number of aryl methyl sites for hydroxylation is 1. The molecule has 4 nitrogen and oxygen atoms in total. The number of nitrogens with two attached hydrogens (primary N) is 1. The Bertz CT molecular complexity index is 1090. The van der Waals surface area contributed by atoms with Gasteiger partial charge >= 0.3 is 5.97 Å². The maximum atomic E-state index is 15.6. The van der Waals surface area contributed by atoms with Gasteiger partial charge in [-0.05, 0) is 105 Å². The Balaban J connectivity index is 1.77. The lowest BCUT2D eigenvalue weighted by atomic mass is 9.88. The zero-order chi connectivity index (χ0) is 25.7. The zero-order valence-corrected chi connectivity index (χ0v) is 21.8. The van der Waals surface area contributed by atoms with Gasteiger partial charge in [0.05, 0.1) is 19.6 Å². The number of esters is 1. The number of allylic oxidation sites excluding steroid dienone is 1. The molecule has 0 saturated heterocycles. The van der Waals surface area contributed by atoms with Crippen LogP contribution in [0.1, 0.15) is 105 Å². The van der Waals surface area contributed by atoms with Gasteiger partial charge in [0.15, 0.2) is 0 Å². The molecule has 194 valence electrons. The van der Waals surface area contributed by atoms with Crippen molar-refractivity contribution in [2.24, 2.45) is 5.73 Å². The van der Waals surface area contributed by atoms with E-state index in [9.17, 15) is 4.79 Å². The lowest BCUT2D eigenvalue weighted by molar-refractivity contribution is -0.143. The van der Waals surface area contributed by atoms with Crippen LogP contribution in [-0.2, 0) is 9.53 Å². The molecule has 0 aliphatic heterocycles. The number of rotatable bonds is 12. The second-order valence-corrected chi connectivity index (χ2v) is 10.3. The summed E-state index contributed by atoms with van der Waals surface area (Å²) in [4.78, 5) is 12.1. The molecular weight excluding hydrogens is 453 g/mol. The number of hydrogen-bond acceptors (Lipinski definition) is 4. The van der Waals surface area contributed by atoms with Gasteiger partial charge in [-0.25, -0.2) is 4.39 Å². The Morgan fingerprint density at radius 2 is 1.92 bits per heavy atom. The van der Waals surface area contributed by atoms with Crippen molar-refractivity contribution in [1.82, 2.24) is 0 Å². The zero-order valence-electron chi connectivity index (χ0n) is 21.8. The number of unbranched alkanes of at least 4 members (excludes halogenated alkanes) is 1. The normalized spacial score (nSPS) is 16.7. The minimum Gasteiger partial charge on any atom is -0.493 e. The van der Waals surface area contributed by atoms with Crippen molar-refractivity contribution >= 4 is 5.97 Å². The van der Waals surface area contributed by atoms with Gasteiger partial charge in [0.2, 0.25) is 0 Å². The van der Waals surface area contributed by atoms with E-state index in [0.717, 1.165) is 48.1 Å². The quantitative estimate of drug-likeness (QED) is 0.188. The molecule has 2 aliphatic carbocycles. The van der Waals surface area contributed by atoms with Crippen molar-refractivity contribution < 1.29 is 18.7 Å². The van der Waals surface area contributed by atoms with Gasteiger partial charge in [0.25, 0.3) is 0 Å². The molecule has 2 aromatic rings. The molecule has 0 bridgehead atoms. The van der Waals surface area contributed by atoms with Gasteiger partial charge in [-0.3, -0.25) is 4.79 Å². The lowest BCUT2D eigenvalue weighted by Crippen LogP contribution is -2.19. The van der Waals surface area contributed by atoms with Crippen molar-refractivity contribution in [1.29, 1.82) is 0 Å². The minimum atomic E-state index is -0.767. The Kier molecular flexibility index (Phi) is 8.84. The first-order valence-corrected chi connectivity index (χ1v) is 13.6. The van der Waals surface area contributed by atoms with E-state index in [-0.39, 0.29) is 24.8 Å².